The zero-order chi connectivity index (χ0) is 36.1. The molecule has 0 aromatic heterocycles. The molecule has 0 saturated carbocycles. The van der Waals surface area contributed by atoms with E-state index in [4.69, 9.17) is 59.1 Å². The zero-order valence-electron chi connectivity index (χ0n) is 28.7. The van der Waals surface area contributed by atoms with Gasteiger partial charge in [-0.25, -0.2) is 0 Å². The van der Waals surface area contributed by atoms with E-state index in [1.807, 2.05) is 54.6 Å². The average molecular weight is 690 g/mol. The van der Waals surface area contributed by atoms with Crippen molar-refractivity contribution in [3.63, 3.8) is 0 Å². The fourth-order valence-electron chi connectivity index (χ4n) is 4.59. The average Bonchev–Trinajstić information content (AvgIpc) is 3.07. The van der Waals surface area contributed by atoms with Gasteiger partial charge in [-0.3, -0.25) is 20.0 Å². The summed E-state index contributed by atoms with van der Waals surface area (Å²) in [7, 11) is 0. The van der Waals surface area contributed by atoms with Crippen LogP contribution < -0.4 is 59.1 Å². The molecule has 0 aliphatic rings. The molecule has 0 atom stereocenters. The summed E-state index contributed by atoms with van der Waals surface area (Å²) < 4.78 is 24.3. The molecule has 270 valence electrons. The second-order valence-corrected chi connectivity index (χ2v) is 11.2. The first-order valence-electron chi connectivity index (χ1n) is 16.4. The van der Waals surface area contributed by atoms with Crippen LogP contribution in [-0.2, 0) is 0 Å². The monoisotopic (exact) mass is 689 g/mol. The van der Waals surface area contributed by atoms with Crippen molar-refractivity contribution >= 4 is 23.7 Å². The maximum absolute atomic E-state index is 6.11. The molecule has 0 aliphatic carbocycles. The molecule has 0 unspecified atom stereocenters. The number of hydrogen-bond acceptors (Lipinski definition) is 8. The lowest BCUT2D eigenvalue weighted by Gasteiger charge is -2.15. The Balaban J connectivity index is 1.87. The van der Waals surface area contributed by atoms with Crippen LogP contribution in [0.4, 0.5) is 0 Å². The van der Waals surface area contributed by atoms with Gasteiger partial charge in [-0.05, 0) is 59.5 Å². The minimum atomic E-state index is 0.0502. The molecule has 15 heteroatoms. The fraction of sp³-hybridized carbons (Fsp3) is 0.371. The van der Waals surface area contributed by atoms with Gasteiger partial charge in [-0.15, -0.1) is 0 Å². The molecule has 0 bridgehead atoms. The van der Waals surface area contributed by atoms with Crippen molar-refractivity contribution in [3.8, 4) is 45.3 Å². The van der Waals surface area contributed by atoms with E-state index < -0.39 is 0 Å². The standard InChI is InChI=1S/C35H51N11O4/c1-24(36)43-9-3-13-47-29-18-27(19-30(22-29)48-14-4-10-44-33(37)38)25-7-2-8-26(17-25)28-20-31(49-15-5-11-45-34(39)40)23-32(21-28)50-16-6-12-46-35(41)42/h2,7-8,17-23H,3-6,9-16H2,1H3,(H2,36,43)(H4,37,38,44)(H4,39,40,45)(H4,41,42,46). The molecule has 15 nitrogen and oxygen atoms in total. The Morgan fingerprint density at radius 2 is 0.760 bits per heavy atom. The summed E-state index contributed by atoms with van der Waals surface area (Å²) in [5.74, 6) is 3.34. The molecule has 3 aromatic carbocycles. The van der Waals surface area contributed by atoms with Crippen LogP contribution in [0.15, 0.2) is 80.6 Å². The Morgan fingerprint density at radius 1 is 0.440 bits per heavy atom. The number of guanidine groups is 3. The molecule has 3 rings (SSSR count). The van der Waals surface area contributed by atoms with Crippen molar-refractivity contribution in [1.29, 1.82) is 0 Å². The SMILES string of the molecule is CC(N)=NCCCOc1cc(OCCCN=C(N)N)cc(-c2cccc(-c3cc(OCCCN=C(N)N)cc(OCCCN=C(N)N)c3)c2)c1. The topological polar surface area (TPSA) is 268 Å². The highest BCUT2D eigenvalue weighted by atomic mass is 16.5. The molecule has 0 amide bonds. The van der Waals surface area contributed by atoms with E-state index in [9.17, 15) is 0 Å². The lowest BCUT2D eigenvalue weighted by atomic mass is 9.98. The van der Waals surface area contributed by atoms with Crippen LogP contribution >= 0.6 is 0 Å². The quantitative estimate of drug-likeness (QED) is 0.0457. The van der Waals surface area contributed by atoms with E-state index in [2.05, 4.69) is 26.0 Å². The van der Waals surface area contributed by atoms with E-state index in [1.165, 1.54) is 0 Å². The van der Waals surface area contributed by atoms with Crippen molar-refractivity contribution in [1.82, 2.24) is 0 Å². The zero-order valence-corrected chi connectivity index (χ0v) is 28.7. The lowest BCUT2D eigenvalue weighted by molar-refractivity contribution is 0.298. The molecule has 0 spiro atoms. The number of nitrogens with zero attached hydrogens (tertiary/aromatic N) is 4. The first-order chi connectivity index (χ1) is 24.1. The van der Waals surface area contributed by atoms with Gasteiger partial charge in [-0.1, -0.05) is 18.2 Å². The number of nitrogens with two attached hydrogens (primary N) is 7. The molecule has 0 heterocycles. The minimum absolute atomic E-state index is 0.0502. The third-order valence-corrected chi connectivity index (χ3v) is 6.82. The van der Waals surface area contributed by atoms with E-state index in [0.29, 0.717) is 107 Å². The summed E-state index contributed by atoms with van der Waals surface area (Å²) >= 11 is 0. The number of rotatable bonds is 22. The summed E-state index contributed by atoms with van der Waals surface area (Å²) in [6, 6.07) is 19.8. The summed E-state index contributed by atoms with van der Waals surface area (Å²) in [4.78, 5) is 16.3. The van der Waals surface area contributed by atoms with Crippen LogP contribution in [0.1, 0.15) is 32.6 Å². The third-order valence-electron chi connectivity index (χ3n) is 6.82. The number of benzene rings is 3. The Morgan fingerprint density at radius 3 is 1.06 bits per heavy atom. The fourth-order valence-corrected chi connectivity index (χ4v) is 4.59. The highest BCUT2D eigenvalue weighted by molar-refractivity contribution is 5.78. The molecule has 14 N–H and O–H groups in total. The van der Waals surface area contributed by atoms with Gasteiger partial charge in [0.25, 0.3) is 0 Å². The highest BCUT2D eigenvalue weighted by Crippen LogP contribution is 2.35. The van der Waals surface area contributed by atoms with Gasteiger partial charge in [0, 0.05) is 64.0 Å². The van der Waals surface area contributed by atoms with Gasteiger partial charge in [0.1, 0.15) is 23.0 Å². The number of ether oxygens (including phenoxy) is 4. The van der Waals surface area contributed by atoms with Gasteiger partial charge in [-0.2, -0.15) is 0 Å². The maximum atomic E-state index is 6.11. The first-order valence-corrected chi connectivity index (χ1v) is 16.4. The van der Waals surface area contributed by atoms with Crippen molar-refractivity contribution in [3.05, 3.63) is 60.7 Å². The number of hydrogen-bond donors (Lipinski definition) is 7. The third kappa shape index (κ3) is 15.4. The second-order valence-electron chi connectivity index (χ2n) is 11.2. The molecule has 50 heavy (non-hydrogen) atoms. The smallest absolute Gasteiger partial charge is 0.185 e. The molecule has 3 aromatic rings. The van der Waals surface area contributed by atoms with Crippen molar-refractivity contribution in [2.45, 2.75) is 32.6 Å². The Bertz CT molecular complexity index is 1410. The van der Waals surface area contributed by atoms with Crippen LogP contribution in [-0.4, -0.2) is 76.3 Å². The predicted octanol–water partition coefficient (Wildman–Crippen LogP) is 2.29. The van der Waals surface area contributed by atoms with Crippen LogP contribution in [0.2, 0.25) is 0 Å². The van der Waals surface area contributed by atoms with Gasteiger partial charge >= 0.3 is 0 Å². The van der Waals surface area contributed by atoms with Crippen LogP contribution in [0, 0.1) is 0 Å². The van der Waals surface area contributed by atoms with Gasteiger partial charge in [0.2, 0.25) is 0 Å². The number of aliphatic imine (C=N–C) groups is 4. The molecule has 0 saturated heterocycles. The van der Waals surface area contributed by atoms with Crippen molar-refractivity contribution in [2.75, 3.05) is 52.6 Å². The minimum Gasteiger partial charge on any atom is -0.493 e. The van der Waals surface area contributed by atoms with Gasteiger partial charge in [0.15, 0.2) is 17.9 Å². The number of amidine groups is 1. The maximum Gasteiger partial charge on any atom is 0.185 e. The van der Waals surface area contributed by atoms with Crippen molar-refractivity contribution < 1.29 is 18.9 Å². The predicted molar refractivity (Wildman–Crippen MR) is 202 cm³/mol. The largest absolute Gasteiger partial charge is 0.493 e. The summed E-state index contributed by atoms with van der Waals surface area (Å²) in [5.41, 5.74) is 42.1. The highest BCUT2D eigenvalue weighted by Gasteiger charge is 2.11. The van der Waals surface area contributed by atoms with E-state index in [0.717, 1.165) is 22.3 Å². The Kier molecular flexibility index (Phi) is 16.3. The summed E-state index contributed by atoms with van der Waals surface area (Å²) in [6.07, 6.45) is 2.65. The summed E-state index contributed by atoms with van der Waals surface area (Å²) in [6.45, 7) is 5.48. The second kappa shape index (κ2) is 21.2. The van der Waals surface area contributed by atoms with Crippen molar-refractivity contribution in [2.24, 2.45) is 60.1 Å². The van der Waals surface area contributed by atoms with Gasteiger partial charge < -0.3 is 59.1 Å². The first kappa shape index (κ1) is 38.6. The Hall–Kier alpha value is -5.86. The van der Waals surface area contributed by atoms with Crippen LogP contribution in [0.3, 0.4) is 0 Å². The van der Waals surface area contributed by atoms with Gasteiger partial charge in [0.05, 0.1) is 32.3 Å². The summed E-state index contributed by atoms with van der Waals surface area (Å²) in [5, 5.41) is 0. The van der Waals surface area contributed by atoms with E-state index >= 15 is 0 Å². The normalized spacial score (nSPS) is 10.9. The van der Waals surface area contributed by atoms with E-state index in [-0.39, 0.29) is 17.9 Å². The lowest BCUT2D eigenvalue weighted by Crippen LogP contribution is -2.23. The molecule has 0 aliphatic heterocycles. The van der Waals surface area contributed by atoms with Crippen LogP contribution in [0.5, 0.6) is 23.0 Å². The Labute approximate surface area is 293 Å². The molecular weight excluding hydrogens is 638 g/mol. The molecular formula is C35H51N11O4. The van der Waals surface area contributed by atoms with E-state index in [1.54, 1.807) is 6.92 Å². The molecule has 0 radical (unpaired) electrons. The molecule has 0 fully saturated rings. The van der Waals surface area contributed by atoms with Crippen LogP contribution in [0.25, 0.3) is 22.3 Å².